The first-order chi connectivity index (χ1) is 71.2. The van der Waals surface area contributed by atoms with Gasteiger partial charge in [0.25, 0.3) is 0 Å². The predicted molar refractivity (Wildman–Crippen MR) is 597 cm³/mol. The minimum Gasteiger partial charge on any atom is -0.248 e. The van der Waals surface area contributed by atoms with Crippen LogP contribution in [-0.2, 0) is 0 Å². The quantitative estimate of drug-likeness (QED) is 0.0846. The van der Waals surface area contributed by atoms with Gasteiger partial charge in [0.1, 0.15) is 0 Å². The van der Waals surface area contributed by atoms with E-state index in [2.05, 4.69) is 455 Å². The van der Waals surface area contributed by atoms with Gasteiger partial charge in [-0.15, -0.1) is 0 Å². The first-order valence-electron chi connectivity index (χ1n) is 48.3. The second-order valence-electron chi connectivity index (χ2n) is 35.7. The highest BCUT2D eigenvalue weighted by molar-refractivity contribution is 6.09. The smallest absolute Gasteiger partial charge is 0.0991 e. The lowest BCUT2D eigenvalue weighted by molar-refractivity contribution is 1.32. The molecule has 0 amide bonds. The van der Waals surface area contributed by atoms with E-state index in [0.29, 0.717) is 16.7 Å². The molecule has 672 valence electrons. The summed E-state index contributed by atoms with van der Waals surface area (Å²) < 4.78 is 0. The highest BCUT2D eigenvalue weighted by Gasteiger charge is 2.20. The molecule has 0 N–H and O–H groups in total. The molecule has 0 atom stereocenters. The van der Waals surface area contributed by atoms with Crippen LogP contribution in [0.4, 0.5) is 0 Å². The molecule has 0 aliphatic rings. The van der Waals surface area contributed by atoms with Crippen LogP contribution >= 0.6 is 0 Å². The lowest BCUT2D eigenvalue weighted by Crippen LogP contribution is -1.91. The minimum absolute atomic E-state index is 0.666. The van der Waals surface area contributed by atoms with Crippen LogP contribution in [0.3, 0.4) is 0 Å². The van der Waals surface area contributed by atoms with E-state index in [1.165, 1.54) is 88.0 Å². The number of nitriles is 3. The Bertz CT molecular complexity index is 8770. The molecule has 0 saturated carbocycles. The zero-order valence-electron chi connectivity index (χ0n) is 78.6. The number of aromatic nitrogens is 3. The Labute approximate surface area is 839 Å². The van der Waals surface area contributed by atoms with E-state index in [9.17, 15) is 10.5 Å². The molecule has 0 aliphatic heterocycles. The third-order valence-corrected chi connectivity index (χ3v) is 26.8. The fraction of sp³-hybridized carbons (Fsp3) is 0. The number of fused-ring (bicyclic) bond motifs is 3. The summed E-state index contributed by atoms with van der Waals surface area (Å²) in [5.74, 6) is 0. The molecule has 144 heavy (non-hydrogen) atoms. The van der Waals surface area contributed by atoms with Crippen molar-refractivity contribution in [1.29, 1.82) is 15.8 Å². The zero-order valence-corrected chi connectivity index (χ0v) is 78.6. The summed E-state index contributed by atoms with van der Waals surface area (Å²) in [5, 5.41) is 35.1. The van der Waals surface area contributed by atoms with Gasteiger partial charge >= 0.3 is 0 Å². The Morgan fingerprint density at radius 1 is 0.111 bits per heavy atom. The van der Waals surface area contributed by atoms with Crippen LogP contribution in [0.1, 0.15) is 16.7 Å². The van der Waals surface area contributed by atoms with E-state index in [-0.39, 0.29) is 0 Å². The van der Waals surface area contributed by atoms with Gasteiger partial charge in [0, 0.05) is 33.4 Å². The van der Waals surface area contributed by atoms with Gasteiger partial charge in [0.15, 0.2) is 0 Å². The van der Waals surface area contributed by atoms with E-state index < -0.39 is 0 Å². The second-order valence-corrected chi connectivity index (χ2v) is 35.7. The number of nitrogens with zero attached hydrogens (tertiary/aromatic N) is 6. The largest absolute Gasteiger partial charge is 0.248 e. The molecule has 3 aromatic heterocycles. The molecule has 0 radical (unpaired) electrons. The normalized spacial score (nSPS) is 10.9. The molecule has 0 aliphatic carbocycles. The Balaban J connectivity index is 0.000000123. The molecule has 6 heteroatoms. The van der Waals surface area contributed by atoms with Crippen molar-refractivity contribution in [2.45, 2.75) is 0 Å². The molecular weight excluding hydrogens is 1740 g/mol. The average Bonchev–Trinajstić information content (AvgIpc) is 0.775. The molecule has 6 nitrogen and oxygen atoms in total. The SMILES string of the molecule is N#Cc1ccc(-c2ccc(-c3ccc(-c4cccc(-c5cc(-c6ccccc6)nc(-c6ccccc6)c5)c4)c4ccccc34)cc2)cc1.N#Cc1cccc(-c2ccc(-c3ccc(-c4ccc(-c5cc(-c6ccccc6)nc(-c6ccccc6)c5)cc4)c4ccccc34)cc2)c1.N#Cc1cccc(-c2ccc(-c3ccc(-c4cccc(-c5cc(-c6ccccc6)nc(-c6ccccc6)c5)c4)c4ccccc34)cc2)c1. The molecule has 24 rings (SSSR count). The van der Waals surface area contributed by atoms with Crippen LogP contribution in [0.25, 0.3) is 233 Å². The standard InChI is InChI=1S/3C46H30N2/c47-31-32-11-9-16-37(27-32)33-21-23-34(24-22-33)41-25-26-42(44-20-8-7-19-43(41)44)39-18-10-17-38(28-39)40-29-45(35-12-3-1-4-13-35)48-46(30-40)36-14-5-2-6-15-36;47-31-32-10-9-15-39(28-32)33-18-22-35(23-19-33)41-26-27-42(44-17-8-7-16-43(41)44)36-24-20-34(21-25-36)40-29-45(37-11-3-1-4-12-37)48-46(30-40)38-13-5-2-6-14-38;47-31-32-18-20-33(21-19-32)34-22-24-35(25-23-34)41-26-27-42(44-17-8-7-16-43(41)44)39-15-9-14-38(28-39)40-29-45(36-10-3-1-4-11-36)48-46(30-40)37-12-5-2-6-13-37/h3*1-30H. The van der Waals surface area contributed by atoms with E-state index in [0.717, 1.165) is 145 Å². The lowest BCUT2D eigenvalue weighted by atomic mass is 9.90. The lowest BCUT2D eigenvalue weighted by Gasteiger charge is -2.14. The Kier molecular flexibility index (Phi) is 25.7. The van der Waals surface area contributed by atoms with Crippen LogP contribution in [0.5, 0.6) is 0 Å². The molecule has 3 heterocycles. The molecule has 0 spiro atoms. The van der Waals surface area contributed by atoms with Gasteiger partial charge in [0.2, 0.25) is 0 Å². The Morgan fingerprint density at radius 2 is 0.285 bits per heavy atom. The number of pyridine rings is 3. The molecule has 21 aromatic carbocycles. The fourth-order valence-electron chi connectivity index (χ4n) is 19.4. The maximum absolute atomic E-state index is 9.34. The van der Waals surface area contributed by atoms with Crippen molar-refractivity contribution in [2.24, 2.45) is 0 Å². The molecule has 0 unspecified atom stereocenters. The third kappa shape index (κ3) is 19.4. The highest BCUT2D eigenvalue weighted by Crippen LogP contribution is 2.45. The maximum atomic E-state index is 9.34. The summed E-state index contributed by atoms with van der Waals surface area (Å²) in [4.78, 5) is 15.2. The number of hydrogen-bond acceptors (Lipinski definition) is 6. The van der Waals surface area contributed by atoms with Gasteiger partial charge in [-0.25, -0.2) is 15.0 Å². The van der Waals surface area contributed by atoms with Crippen LogP contribution in [0, 0.1) is 34.0 Å². The number of hydrogen-bond donors (Lipinski definition) is 0. The predicted octanol–water partition coefficient (Wildman–Crippen LogP) is 36.3. The Morgan fingerprint density at radius 3 is 0.528 bits per heavy atom. The summed E-state index contributed by atoms with van der Waals surface area (Å²) in [7, 11) is 0. The number of benzene rings is 21. The molecular formula is C138H90N6. The van der Waals surface area contributed by atoms with Crippen molar-refractivity contribution in [3.05, 3.63) is 563 Å². The Hall–Kier alpha value is -19.7. The van der Waals surface area contributed by atoms with Crippen LogP contribution in [-0.4, -0.2) is 15.0 Å². The summed E-state index contributed by atoms with van der Waals surface area (Å²) in [6.07, 6.45) is 0. The number of rotatable bonds is 18. The van der Waals surface area contributed by atoms with Crippen molar-refractivity contribution in [1.82, 2.24) is 15.0 Å². The van der Waals surface area contributed by atoms with Crippen molar-refractivity contribution in [3.63, 3.8) is 0 Å². The summed E-state index contributed by atoms with van der Waals surface area (Å²) >= 11 is 0. The monoisotopic (exact) mass is 1830 g/mol. The van der Waals surface area contributed by atoms with E-state index >= 15 is 0 Å². The third-order valence-electron chi connectivity index (χ3n) is 26.8. The van der Waals surface area contributed by atoms with Gasteiger partial charge in [-0.2, -0.15) is 15.8 Å². The van der Waals surface area contributed by atoms with E-state index in [4.69, 9.17) is 20.2 Å². The van der Waals surface area contributed by atoms with Gasteiger partial charge < -0.3 is 0 Å². The minimum atomic E-state index is 0.666. The second kappa shape index (κ2) is 41.3. The van der Waals surface area contributed by atoms with Gasteiger partial charge in [0.05, 0.1) is 69.1 Å². The first kappa shape index (κ1) is 89.5. The first-order valence-corrected chi connectivity index (χ1v) is 48.3. The van der Waals surface area contributed by atoms with Crippen molar-refractivity contribution >= 4 is 32.3 Å². The summed E-state index contributed by atoms with van der Waals surface area (Å²) in [6.45, 7) is 0. The zero-order chi connectivity index (χ0) is 96.9. The van der Waals surface area contributed by atoms with E-state index in [1.807, 2.05) is 109 Å². The van der Waals surface area contributed by atoms with Crippen LogP contribution < -0.4 is 0 Å². The topological polar surface area (TPSA) is 110 Å². The van der Waals surface area contributed by atoms with Crippen LogP contribution in [0.2, 0.25) is 0 Å². The van der Waals surface area contributed by atoms with E-state index in [1.54, 1.807) is 0 Å². The molecule has 0 bridgehead atoms. The van der Waals surface area contributed by atoms with Gasteiger partial charge in [-0.3, -0.25) is 0 Å². The maximum Gasteiger partial charge on any atom is 0.0991 e. The average molecular weight is 1830 g/mol. The van der Waals surface area contributed by atoms with Crippen molar-refractivity contribution in [3.8, 4) is 219 Å². The van der Waals surface area contributed by atoms with Gasteiger partial charge in [-0.05, 0) is 251 Å². The molecule has 0 saturated heterocycles. The van der Waals surface area contributed by atoms with Gasteiger partial charge in [-0.1, -0.05) is 461 Å². The van der Waals surface area contributed by atoms with Crippen molar-refractivity contribution < 1.29 is 0 Å². The highest BCUT2D eigenvalue weighted by atomic mass is 14.7. The molecule has 0 fully saturated rings. The fourth-order valence-corrected chi connectivity index (χ4v) is 19.4. The molecule has 24 aromatic rings. The summed E-state index contributed by atoms with van der Waals surface area (Å²) in [5.41, 5.74) is 41.9. The summed E-state index contributed by atoms with van der Waals surface area (Å²) in [6, 6.07) is 197. The van der Waals surface area contributed by atoms with Crippen molar-refractivity contribution in [2.75, 3.05) is 0 Å². The van der Waals surface area contributed by atoms with Crippen LogP contribution in [0.15, 0.2) is 546 Å².